The summed E-state index contributed by atoms with van der Waals surface area (Å²) < 4.78 is 22.6. The third-order valence-electron chi connectivity index (χ3n) is 5.47. The van der Waals surface area contributed by atoms with Gasteiger partial charge in [-0.3, -0.25) is 9.59 Å². The van der Waals surface area contributed by atoms with Crippen LogP contribution < -0.4 is 10.5 Å². The first-order valence-electron chi connectivity index (χ1n) is 10.0. The van der Waals surface area contributed by atoms with Crippen molar-refractivity contribution in [2.24, 2.45) is 5.14 Å². The minimum atomic E-state index is -3.75. The molecule has 2 aromatic carbocycles. The predicted octanol–water partition coefficient (Wildman–Crippen LogP) is 2.92. The molecule has 8 heteroatoms. The summed E-state index contributed by atoms with van der Waals surface area (Å²) in [5.74, 6) is -0.244. The van der Waals surface area contributed by atoms with Crippen LogP contribution in [0.4, 0.5) is 5.69 Å². The number of hydrogen-bond donors (Lipinski definition) is 2. The Morgan fingerprint density at radius 1 is 1.00 bits per heavy atom. The van der Waals surface area contributed by atoms with Crippen LogP contribution in [0.5, 0.6) is 0 Å². The van der Waals surface area contributed by atoms with Crippen LogP contribution in [0.2, 0.25) is 0 Å². The molecule has 7 nitrogen and oxygen atoms in total. The molecule has 0 unspecified atom stereocenters. The minimum Gasteiger partial charge on any atom is -0.339 e. The Balaban J connectivity index is 1.57. The van der Waals surface area contributed by atoms with E-state index in [9.17, 15) is 18.0 Å². The van der Waals surface area contributed by atoms with Crippen molar-refractivity contribution >= 4 is 27.5 Å². The van der Waals surface area contributed by atoms with Crippen molar-refractivity contribution < 1.29 is 18.0 Å². The third kappa shape index (κ3) is 5.67. The van der Waals surface area contributed by atoms with E-state index in [2.05, 4.69) is 5.32 Å². The third-order valence-corrected chi connectivity index (χ3v) is 6.40. The molecule has 2 amide bonds. The van der Waals surface area contributed by atoms with E-state index in [0.29, 0.717) is 22.9 Å². The van der Waals surface area contributed by atoms with Crippen molar-refractivity contribution in [3.8, 4) is 0 Å². The van der Waals surface area contributed by atoms with E-state index < -0.39 is 10.0 Å². The number of anilines is 1. The fraction of sp³-hybridized carbons (Fsp3) is 0.364. The van der Waals surface area contributed by atoms with Gasteiger partial charge in [-0.2, -0.15) is 0 Å². The number of nitrogens with zero attached hydrogens (tertiary/aromatic N) is 1. The first-order chi connectivity index (χ1) is 14.2. The molecule has 1 aliphatic carbocycles. The number of hydrogen-bond acceptors (Lipinski definition) is 4. The molecule has 0 aliphatic heterocycles. The van der Waals surface area contributed by atoms with E-state index in [-0.39, 0.29) is 23.1 Å². The fourth-order valence-corrected chi connectivity index (χ4v) is 4.24. The maximum Gasteiger partial charge on any atom is 0.253 e. The normalized spacial score (nSPS) is 14.9. The van der Waals surface area contributed by atoms with Crippen LogP contribution >= 0.6 is 0 Å². The van der Waals surface area contributed by atoms with Gasteiger partial charge in [-0.1, -0.05) is 31.4 Å². The molecular formula is C22H27N3O4S. The zero-order valence-electron chi connectivity index (χ0n) is 17.0. The van der Waals surface area contributed by atoms with Gasteiger partial charge in [0.15, 0.2) is 0 Å². The summed E-state index contributed by atoms with van der Waals surface area (Å²) in [5.41, 5.74) is 1.86. The lowest BCUT2D eigenvalue weighted by molar-refractivity contribution is -0.115. The van der Waals surface area contributed by atoms with Gasteiger partial charge in [0.1, 0.15) is 0 Å². The van der Waals surface area contributed by atoms with Crippen LogP contribution in [0, 0.1) is 0 Å². The van der Waals surface area contributed by atoms with Gasteiger partial charge in [0, 0.05) is 24.3 Å². The van der Waals surface area contributed by atoms with Crippen LogP contribution in [0.25, 0.3) is 0 Å². The van der Waals surface area contributed by atoms with Crippen molar-refractivity contribution in [1.29, 1.82) is 0 Å². The molecule has 1 aliphatic rings. The lowest BCUT2D eigenvalue weighted by atomic mass is 9.94. The summed E-state index contributed by atoms with van der Waals surface area (Å²) >= 11 is 0. The standard InChI is InChI=1S/C22H27N3O4S/c1-25(19-5-3-2-4-6-19)22(27)17-9-11-18(12-10-17)24-21(26)15-16-7-13-20(14-8-16)30(23,28)29/h7-14,19H,2-6,15H2,1H3,(H,24,26)(H2,23,28,29). The van der Waals surface area contributed by atoms with Crippen LogP contribution in [0.1, 0.15) is 48.0 Å². The highest BCUT2D eigenvalue weighted by Crippen LogP contribution is 2.23. The number of rotatable bonds is 6. The zero-order valence-corrected chi connectivity index (χ0v) is 17.8. The number of nitrogens with one attached hydrogen (secondary N) is 1. The number of benzene rings is 2. The van der Waals surface area contributed by atoms with Gasteiger partial charge in [-0.15, -0.1) is 0 Å². The lowest BCUT2D eigenvalue weighted by Gasteiger charge is -2.31. The maximum atomic E-state index is 12.7. The van der Waals surface area contributed by atoms with Crippen molar-refractivity contribution in [3.63, 3.8) is 0 Å². The van der Waals surface area contributed by atoms with Crippen molar-refractivity contribution in [2.75, 3.05) is 12.4 Å². The second kappa shape index (κ2) is 9.40. The highest BCUT2D eigenvalue weighted by molar-refractivity contribution is 7.89. The molecule has 0 radical (unpaired) electrons. The number of carbonyl (C=O) groups is 2. The second-order valence-corrected chi connectivity index (χ2v) is 9.26. The van der Waals surface area contributed by atoms with E-state index in [0.717, 1.165) is 25.7 Å². The molecule has 0 saturated heterocycles. The maximum absolute atomic E-state index is 12.7. The Morgan fingerprint density at radius 3 is 2.17 bits per heavy atom. The van der Waals surface area contributed by atoms with Crippen molar-refractivity contribution in [3.05, 3.63) is 59.7 Å². The molecule has 1 saturated carbocycles. The number of sulfonamides is 1. The van der Waals surface area contributed by atoms with Crippen LogP contribution in [-0.4, -0.2) is 38.2 Å². The zero-order chi connectivity index (χ0) is 21.7. The summed E-state index contributed by atoms with van der Waals surface area (Å²) in [6.45, 7) is 0. The van der Waals surface area contributed by atoms with Crippen molar-refractivity contribution in [1.82, 2.24) is 4.90 Å². The molecule has 3 N–H and O–H groups in total. The van der Waals surface area contributed by atoms with E-state index in [1.54, 1.807) is 36.4 Å². The molecule has 0 spiro atoms. The molecule has 3 rings (SSSR count). The average molecular weight is 430 g/mol. The van der Waals surface area contributed by atoms with Crippen LogP contribution in [0.15, 0.2) is 53.4 Å². The van der Waals surface area contributed by atoms with Crippen molar-refractivity contribution in [2.45, 2.75) is 49.5 Å². The van der Waals surface area contributed by atoms with E-state index in [1.165, 1.54) is 18.6 Å². The Kier molecular flexibility index (Phi) is 6.89. The number of nitrogens with two attached hydrogens (primary N) is 1. The van der Waals surface area contributed by atoms with Crippen LogP contribution in [-0.2, 0) is 21.2 Å². The quantitative estimate of drug-likeness (QED) is 0.736. The number of carbonyl (C=O) groups excluding carboxylic acids is 2. The molecule has 2 aromatic rings. The van der Waals surface area contributed by atoms with Gasteiger partial charge < -0.3 is 10.2 Å². The Labute approximate surface area is 177 Å². The number of amides is 2. The van der Waals surface area contributed by atoms with E-state index in [1.807, 2.05) is 11.9 Å². The second-order valence-electron chi connectivity index (χ2n) is 7.70. The Morgan fingerprint density at radius 2 is 1.60 bits per heavy atom. The summed E-state index contributed by atoms with van der Waals surface area (Å²) in [6, 6.07) is 13.0. The molecule has 0 heterocycles. The SMILES string of the molecule is CN(C(=O)c1ccc(NC(=O)Cc2ccc(S(N)(=O)=O)cc2)cc1)C1CCCCC1. The average Bonchev–Trinajstić information content (AvgIpc) is 2.73. The summed E-state index contributed by atoms with van der Waals surface area (Å²) in [6.07, 6.45) is 5.76. The van der Waals surface area contributed by atoms with Crippen LogP contribution in [0.3, 0.4) is 0 Å². The molecular weight excluding hydrogens is 402 g/mol. The Hall–Kier alpha value is -2.71. The highest BCUT2D eigenvalue weighted by Gasteiger charge is 2.22. The smallest absolute Gasteiger partial charge is 0.253 e. The monoisotopic (exact) mass is 429 g/mol. The summed E-state index contributed by atoms with van der Waals surface area (Å²) in [5, 5.41) is 7.86. The highest BCUT2D eigenvalue weighted by atomic mass is 32.2. The van der Waals surface area contributed by atoms with Gasteiger partial charge in [0.2, 0.25) is 15.9 Å². The largest absolute Gasteiger partial charge is 0.339 e. The van der Waals surface area contributed by atoms with E-state index >= 15 is 0 Å². The van der Waals surface area contributed by atoms with Gasteiger partial charge in [0.05, 0.1) is 11.3 Å². The topological polar surface area (TPSA) is 110 Å². The minimum absolute atomic E-state index is 0.00473. The molecule has 0 aromatic heterocycles. The first kappa shape index (κ1) is 22.0. The molecule has 1 fully saturated rings. The molecule has 30 heavy (non-hydrogen) atoms. The lowest BCUT2D eigenvalue weighted by Crippen LogP contribution is -2.38. The molecule has 160 valence electrons. The van der Waals surface area contributed by atoms with Gasteiger partial charge >= 0.3 is 0 Å². The summed E-state index contributed by atoms with van der Waals surface area (Å²) in [7, 11) is -1.90. The van der Waals surface area contributed by atoms with Gasteiger partial charge in [-0.05, 0) is 54.8 Å². The van der Waals surface area contributed by atoms with E-state index in [4.69, 9.17) is 5.14 Å². The molecule has 0 bridgehead atoms. The summed E-state index contributed by atoms with van der Waals surface area (Å²) in [4.78, 5) is 26.8. The first-order valence-corrected chi connectivity index (χ1v) is 11.6. The predicted molar refractivity (Wildman–Crippen MR) is 116 cm³/mol. The van der Waals surface area contributed by atoms with Gasteiger partial charge in [-0.25, -0.2) is 13.6 Å². The molecule has 0 atom stereocenters. The Bertz CT molecular complexity index is 996. The fourth-order valence-electron chi connectivity index (χ4n) is 3.72. The van der Waals surface area contributed by atoms with Gasteiger partial charge in [0.25, 0.3) is 5.91 Å². The number of primary sulfonamides is 1.